The number of nitrogens with one attached hydrogen (secondary N) is 2. The lowest BCUT2D eigenvalue weighted by Gasteiger charge is -2.11. The van der Waals surface area contributed by atoms with Crippen molar-refractivity contribution in [3.05, 3.63) is 83.4 Å². The van der Waals surface area contributed by atoms with Crippen LogP contribution < -0.4 is 14.8 Å². The number of imidazole rings is 1. The van der Waals surface area contributed by atoms with Gasteiger partial charge in [0.25, 0.3) is 5.91 Å². The Morgan fingerprint density at radius 3 is 2.66 bits per heavy atom. The second-order valence-corrected chi connectivity index (χ2v) is 6.88. The Morgan fingerprint density at radius 1 is 1.09 bits per heavy atom. The number of alkyl halides is 2. The van der Waals surface area contributed by atoms with Crippen LogP contribution in [0.4, 0.5) is 18.9 Å². The molecule has 0 unspecified atom stereocenters. The van der Waals surface area contributed by atoms with Gasteiger partial charge in [-0.25, -0.2) is 9.37 Å². The van der Waals surface area contributed by atoms with Crippen LogP contribution in [0.15, 0.2) is 60.7 Å². The van der Waals surface area contributed by atoms with Crippen LogP contribution in [0.3, 0.4) is 0 Å². The smallest absolute Gasteiger partial charge is 0.387 e. The highest BCUT2D eigenvalue weighted by Crippen LogP contribution is 2.30. The molecule has 32 heavy (non-hydrogen) atoms. The van der Waals surface area contributed by atoms with E-state index < -0.39 is 12.5 Å². The number of halogens is 3. The standard InChI is InChI=1S/C23H18F3N3O3/c1-31-20-10-14(6-9-19(20)32-23(25)26)22(30)27-15-7-8-17-18(12-15)29-21(28-17)11-13-4-2-3-5-16(13)24/h2-10,12,23H,11H2,1H3,(H,27,30)(H,28,29). The lowest BCUT2D eigenvalue weighted by Crippen LogP contribution is -2.12. The van der Waals surface area contributed by atoms with Crippen LogP contribution in [0.5, 0.6) is 11.5 Å². The molecule has 0 spiro atoms. The summed E-state index contributed by atoms with van der Waals surface area (Å²) in [4.78, 5) is 20.2. The Bertz CT molecular complexity index is 1270. The van der Waals surface area contributed by atoms with Gasteiger partial charge in [-0.05, 0) is 48.0 Å². The van der Waals surface area contributed by atoms with Crippen molar-refractivity contribution in [3.63, 3.8) is 0 Å². The number of hydrogen-bond acceptors (Lipinski definition) is 4. The average Bonchev–Trinajstić information content (AvgIpc) is 3.17. The number of anilines is 1. The second-order valence-electron chi connectivity index (χ2n) is 6.88. The number of ether oxygens (including phenoxy) is 2. The fourth-order valence-electron chi connectivity index (χ4n) is 3.25. The highest BCUT2D eigenvalue weighted by Gasteiger charge is 2.15. The van der Waals surface area contributed by atoms with Gasteiger partial charge in [0.15, 0.2) is 11.5 Å². The van der Waals surface area contributed by atoms with E-state index in [1.165, 1.54) is 31.4 Å². The van der Waals surface area contributed by atoms with E-state index in [0.717, 1.165) is 0 Å². The third kappa shape index (κ3) is 4.66. The predicted octanol–water partition coefficient (Wildman–Crippen LogP) is 5.16. The van der Waals surface area contributed by atoms with Crippen molar-refractivity contribution in [2.45, 2.75) is 13.0 Å². The molecule has 4 rings (SSSR count). The third-order valence-corrected chi connectivity index (χ3v) is 4.75. The van der Waals surface area contributed by atoms with Gasteiger partial charge in [-0.3, -0.25) is 4.79 Å². The first-order valence-electron chi connectivity index (χ1n) is 9.59. The maximum atomic E-state index is 13.9. The Kier molecular flexibility index (Phi) is 5.98. The molecular formula is C23H18F3N3O3. The van der Waals surface area contributed by atoms with E-state index in [2.05, 4.69) is 20.0 Å². The molecule has 0 saturated carbocycles. The van der Waals surface area contributed by atoms with Gasteiger partial charge in [0, 0.05) is 17.7 Å². The summed E-state index contributed by atoms with van der Waals surface area (Å²) in [6.07, 6.45) is 0.301. The molecule has 0 atom stereocenters. The SMILES string of the molecule is COc1cc(C(=O)Nc2ccc3nc(Cc4ccccc4F)[nH]c3c2)ccc1OC(F)F. The monoisotopic (exact) mass is 441 g/mol. The van der Waals surface area contributed by atoms with Gasteiger partial charge in [0.1, 0.15) is 11.6 Å². The van der Waals surface area contributed by atoms with E-state index in [-0.39, 0.29) is 22.9 Å². The van der Waals surface area contributed by atoms with E-state index in [4.69, 9.17) is 4.74 Å². The van der Waals surface area contributed by atoms with Crippen LogP contribution in [0, 0.1) is 5.82 Å². The number of aromatic nitrogens is 2. The van der Waals surface area contributed by atoms with Gasteiger partial charge >= 0.3 is 6.61 Å². The first kappa shape index (κ1) is 21.2. The molecule has 0 aliphatic heterocycles. The van der Waals surface area contributed by atoms with Crippen molar-refractivity contribution in [1.82, 2.24) is 9.97 Å². The number of benzene rings is 3. The van der Waals surface area contributed by atoms with Crippen molar-refractivity contribution < 1.29 is 27.4 Å². The van der Waals surface area contributed by atoms with E-state index in [1.807, 2.05) is 0 Å². The van der Waals surface area contributed by atoms with Crippen molar-refractivity contribution in [1.29, 1.82) is 0 Å². The number of nitrogens with zero attached hydrogens (tertiary/aromatic N) is 1. The lowest BCUT2D eigenvalue weighted by atomic mass is 10.1. The fraction of sp³-hybridized carbons (Fsp3) is 0.130. The molecule has 1 aromatic heterocycles. The molecule has 1 amide bonds. The molecule has 4 aromatic rings. The van der Waals surface area contributed by atoms with Gasteiger partial charge in [-0.1, -0.05) is 18.2 Å². The summed E-state index contributed by atoms with van der Waals surface area (Å²) in [6.45, 7) is -3.01. The van der Waals surface area contributed by atoms with E-state index in [0.29, 0.717) is 34.5 Å². The number of carbonyl (C=O) groups excluding carboxylic acids is 1. The number of methoxy groups -OCH3 is 1. The van der Waals surface area contributed by atoms with Gasteiger partial charge in [-0.15, -0.1) is 0 Å². The maximum absolute atomic E-state index is 13.9. The summed E-state index contributed by atoms with van der Waals surface area (Å²) < 4.78 is 48.2. The van der Waals surface area contributed by atoms with Crippen molar-refractivity contribution >= 4 is 22.6 Å². The lowest BCUT2D eigenvalue weighted by molar-refractivity contribution is -0.0512. The third-order valence-electron chi connectivity index (χ3n) is 4.75. The van der Waals surface area contributed by atoms with E-state index in [1.54, 1.807) is 36.4 Å². The molecular weight excluding hydrogens is 423 g/mol. The largest absolute Gasteiger partial charge is 0.493 e. The number of carbonyl (C=O) groups is 1. The number of aromatic amines is 1. The Hall–Kier alpha value is -4.01. The van der Waals surface area contributed by atoms with Gasteiger partial charge in [0.2, 0.25) is 0 Å². The molecule has 0 radical (unpaired) electrons. The van der Waals surface area contributed by atoms with Crippen LogP contribution >= 0.6 is 0 Å². The molecule has 0 aliphatic rings. The summed E-state index contributed by atoms with van der Waals surface area (Å²) in [6, 6.07) is 15.5. The molecule has 0 bridgehead atoms. The number of H-pyrrole nitrogens is 1. The molecule has 0 aliphatic carbocycles. The van der Waals surface area contributed by atoms with Crippen molar-refractivity contribution in [2.75, 3.05) is 12.4 Å². The Labute approximate surface area is 181 Å². The van der Waals surface area contributed by atoms with Gasteiger partial charge in [0.05, 0.1) is 18.1 Å². The van der Waals surface area contributed by atoms with Crippen LogP contribution in [0.25, 0.3) is 11.0 Å². The summed E-state index contributed by atoms with van der Waals surface area (Å²) in [5.41, 5.74) is 2.56. The van der Waals surface area contributed by atoms with Crippen LogP contribution in [-0.4, -0.2) is 29.6 Å². The average molecular weight is 441 g/mol. The zero-order valence-corrected chi connectivity index (χ0v) is 16.9. The van der Waals surface area contributed by atoms with Gasteiger partial charge in [-0.2, -0.15) is 8.78 Å². The molecule has 0 fully saturated rings. The normalized spacial score (nSPS) is 11.0. The van der Waals surface area contributed by atoms with Crippen molar-refractivity contribution in [2.24, 2.45) is 0 Å². The minimum atomic E-state index is -3.01. The topological polar surface area (TPSA) is 76.2 Å². The summed E-state index contributed by atoms with van der Waals surface area (Å²) in [5.74, 6) is -0.327. The first-order valence-corrected chi connectivity index (χ1v) is 9.59. The van der Waals surface area contributed by atoms with E-state index >= 15 is 0 Å². The molecule has 0 saturated heterocycles. The second kappa shape index (κ2) is 9.01. The zero-order chi connectivity index (χ0) is 22.7. The molecule has 164 valence electrons. The van der Waals surface area contributed by atoms with Gasteiger partial charge < -0.3 is 19.8 Å². The minimum Gasteiger partial charge on any atom is -0.493 e. The number of amides is 1. The van der Waals surface area contributed by atoms with E-state index in [9.17, 15) is 18.0 Å². The number of fused-ring (bicyclic) bond motifs is 1. The Balaban J connectivity index is 1.51. The first-order chi connectivity index (χ1) is 15.4. The minimum absolute atomic E-state index is 0.0137. The molecule has 1 heterocycles. The van der Waals surface area contributed by atoms with Crippen LogP contribution in [0.2, 0.25) is 0 Å². The highest BCUT2D eigenvalue weighted by molar-refractivity contribution is 6.05. The number of hydrogen-bond donors (Lipinski definition) is 2. The molecule has 9 heteroatoms. The number of rotatable bonds is 7. The maximum Gasteiger partial charge on any atom is 0.387 e. The quantitative estimate of drug-likeness (QED) is 0.416. The predicted molar refractivity (Wildman–Crippen MR) is 113 cm³/mol. The summed E-state index contributed by atoms with van der Waals surface area (Å²) in [5, 5.41) is 2.74. The van der Waals surface area contributed by atoms with Crippen molar-refractivity contribution in [3.8, 4) is 11.5 Å². The zero-order valence-electron chi connectivity index (χ0n) is 16.9. The summed E-state index contributed by atoms with van der Waals surface area (Å²) >= 11 is 0. The molecule has 2 N–H and O–H groups in total. The fourth-order valence-corrected chi connectivity index (χ4v) is 3.25. The van der Waals surface area contributed by atoms with Crippen LogP contribution in [-0.2, 0) is 6.42 Å². The molecule has 6 nitrogen and oxygen atoms in total. The highest BCUT2D eigenvalue weighted by atomic mass is 19.3. The summed E-state index contributed by atoms with van der Waals surface area (Å²) in [7, 11) is 1.29. The van der Waals surface area contributed by atoms with Crippen LogP contribution in [0.1, 0.15) is 21.7 Å². The Morgan fingerprint density at radius 2 is 1.91 bits per heavy atom. The molecule has 3 aromatic carbocycles.